The third-order valence-electron chi connectivity index (χ3n) is 4.10. The Hall–Kier alpha value is -0.720. The van der Waals surface area contributed by atoms with E-state index in [0.29, 0.717) is 6.61 Å². The van der Waals surface area contributed by atoms with Gasteiger partial charge in [-0.15, -0.1) is 17.9 Å². The normalized spacial score (nSPS) is 28.6. The molecule has 2 aliphatic rings. The molecule has 0 amide bonds. The molecular weight excluding hydrogens is 284 g/mol. The molecule has 3 heterocycles. The monoisotopic (exact) mass is 308 g/mol. The van der Waals surface area contributed by atoms with Gasteiger partial charge in [-0.2, -0.15) is 0 Å². The molecule has 0 saturated carbocycles. The van der Waals surface area contributed by atoms with Crippen LogP contribution in [0.2, 0.25) is 0 Å². The van der Waals surface area contributed by atoms with E-state index in [1.165, 1.54) is 4.88 Å². The van der Waals surface area contributed by atoms with E-state index in [1.807, 2.05) is 17.4 Å². The van der Waals surface area contributed by atoms with E-state index in [1.54, 1.807) is 0 Å². The zero-order chi connectivity index (χ0) is 14.5. The second-order valence-electron chi connectivity index (χ2n) is 5.90. The highest BCUT2D eigenvalue weighted by Crippen LogP contribution is 2.24. The van der Waals surface area contributed by atoms with E-state index in [-0.39, 0.29) is 5.60 Å². The van der Waals surface area contributed by atoms with Crippen LogP contribution in [0.5, 0.6) is 0 Å². The van der Waals surface area contributed by atoms with Gasteiger partial charge >= 0.3 is 0 Å². The summed E-state index contributed by atoms with van der Waals surface area (Å²) in [6, 6.07) is 4.33. The molecule has 0 aromatic carbocycles. The first-order chi connectivity index (χ1) is 10.3. The molecule has 0 N–H and O–H groups in total. The largest absolute Gasteiger partial charge is 0.377 e. The van der Waals surface area contributed by atoms with Gasteiger partial charge in [-0.25, -0.2) is 0 Å². The van der Waals surface area contributed by atoms with E-state index in [0.717, 1.165) is 52.5 Å². The predicted octanol–water partition coefficient (Wildman–Crippen LogP) is 1.84. The van der Waals surface area contributed by atoms with Crippen LogP contribution in [-0.2, 0) is 16.0 Å². The molecule has 116 valence electrons. The Morgan fingerprint density at radius 3 is 2.95 bits per heavy atom. The number of thiophene rings is 1. The quantitative estimate of drug-likeness (QED) is 0.793. The van der Waals surface area contributed by atoms with Crippen LogP contribution in [0, 0.1) is 0 Å². The lowest BCUT2D eigenvalue weighted by atomic mass is 10.0. The summed E-state index contributed by atoms with van der Waals surface area (Å²) in [7, 11) is 0. The molecule has 2 saturated heterocycles. The number of nitrogens with zero attached hydrogens (tertiary/aromatic N) is 2. The highest BCUT2D eigenvalue weighted by molar-refractivity contribution is 7.09. The van der Waals surface area contributed by atoms with Crippen molar-refractivity contribution < 1.29 is 9.47 Å². The molecule has 0 bridgehead atoms. The van der Waals surface area contributed by atoms with E-state index < -0.39 is 0 Å². The maximum absolute atomic E-state index is 6.17. The minimum atomic E-state index is -0.185. The van der Waals surface area contributed by atoms with Gasteiger partial charge in [-0.3, -0.25) is 9.80 Å². The van der Waals surface area contributed by atoms with E-state index >= 15 is 0 Å². The standard InChI is InChI=1S/C16H24N2O2S/c1-2-5-17-6-8-19-14-16(12-17)13-18(7-9-20-16)11-15-4-3-10-21-15/h2-4,10H,1,5-9,11-14H2/t16-/m0/s1. The molecule has 3 rings (SSSR count). The molecule has 0 radical (unpaired) electrons. The molecule has 4 nitrogen and oxygen atoms in total. The third-order valence-corrected chi connectivity index (χ3v) is 4.96. The Bertz CT molecular complexity index is 451. The Balaban J connectivity index is 1.66. The molecule has 2 fully saturated rings. The predicted molar refractivity (Wildman–Crippen MR) is 85.7 cm³/mol. The van der Waals surface area contributed by atoms with Gasteiger partial charge in [-0.1, -0.05) is 12.1 Å². The lowest BCUT2D eigenvalue weighted by molar-refractivity contribution is -0.142. The topological polar surface area (TPSA) is 24.9 Å². The summed E-state index contributed by atoms with van der Waals surface area (Å²) in [4.78, 5) is 6.30. The van der Waals surface area contributed by atoms with Crippen LogP contribution in [-0.4, -0.2) is 67.9 Å². The van der Waals surface area contributed by atoms with Crippen molar-refractivity contribution in [3.63, 3.8) is 0 Å². The molecular formula is C16H24N2O2S. The molecule has 1 aromatic rings. The van der Waals surface area contributed by atoms with Crippen LogP contribution in [0.25, 0.3) is 0 Å². The zero-order valence-corrected chi connectivity index (χ0v) is 13.3. The summed E-state index contributed by atoms with van der Waals surface area (Å²) in [6.45, 7) is 11.9. The summed E-state index contributed by atoms with van der Waals surface area (Å²) >= 11 is 1.83. The summed E-state index contributed by atoms with van der Waals surface area (Å²) in [5.74, 6) is 0. The van der Waals surface area contributed by atoms with Crippen LogP contribution in [0.4, 0.5) is 0 Å². The smallest absolute Gasteiger partial charge is 0.117 e. The fourth-order valence-corrected chi connectivity index (χ4v) is 3.93. The van der Waals surface area contributed by atoms with E-state index in [2.05, 4.69) is 33.9 Å². The van der Waals surface area contributed by atoms with Crippen molar-refractivity contribution in [2.75, 3.05) is 52.5 Å². The first-order valence-corrected chi connectivity index (χ1v) is 8.47. The first kappa shape index (κ1) is 15.2. The van der Waals surface area contributed by atoms with Crippen molar-refractivity contribution in [2.45, 2.75) is 12.1 Å². The highest BCUT2D eigenvalue weighted by atomic mass is 32.1. The first-order valence-electron chi connectivity index (χ1n) is 7.59. The minimum absolute atomic E-state index is 0.185. The molecule has 2 aliphatic heterocycles. The fraction of sp³-hybridized carbons (Fsp3) is 0.625. The van der Waals surface area contributed by atoms with Crippen LogP contribution in [0.15, 0.2) is 30.2 Å². The molecule has 1 atom stereocenters. The van der Waals surface area contributed by atoms with Crippen LogP contribution >= 0.6 is 11.3 Å². The maximum Gasteiger partial charge on any atom is 0.117 e. The number of hydrogen-bond donors (Lipinski definition) is 0. The Labute approximate surface area is 130 Å². The van der Waals surface area contributed by atoms with Gasteiger partial charge in [0.2, 0.25) is 0 Å². The maximum atomic E-state index is 6.17. The fourth-order valence-electron chi connectivity index (χ4n) is 3.19. The highest BCUT2D eigenvalue weighted by Gasteiger charge is 2.39. The molecule has 21 heavy (non-hydrogen) atoms. The average Bonchev–Trinajstić information content (AvgIpc) is 2.90. The molecule has 1 aromatic heterocycles. The molecule has 0 aliphatic carbocycles. The molecule has 5 heteroatoms. The number of rotatable bonds is 4. The van der Waals surface area contributed by atoms with Gasteiger partial charge in [-0.05, 0) is 11.4 Å². The average molecular weight is 308 g/mol. The Morgan fingerprint density at radius 1 is 1.29 bits per heavy atom. The third kappa shape index (κ3) is 3.93. The van der Waals surface area contributed by atoms with Gasteiger partial charge in [0, 0.05) is 44.1 Å². The summed E-state index contributed by atoms with van der Waals surface area (Å²) in [6.07, 6.45) is 1.96. The van der Waals surface area contributed by atoms with Gasteiger partial charge in [0.25, 0.3) is 0 Å². The lowest BCUT2D eigenvalue weighted by Gasteiger charge is -2.43. The second kappa shape index (κ2) is 7.03. The van der Waals surface area contributed by atoms with Crippen molar-refractivity contribution in [3.8, 4) is 0 Å². The summed E-state index contributed by atoms with van der Waals surface area (Å²) in [5, 5.41) is 2.14. The minimum Gasteiger partial charge on any atom is -0.377 e. The van der Waals surface area contributed by atoms with Crippen molar-refractivity contribution in [1.29, 1.82) is 0 Å². The second-order valence-corrected chi connectivity index (χ2v) is 6.93. The zero-order valence-electron chi connectivity index (χ0n) is 12.5. The van der Waals surface area contributed by atoms with Gasteiger partial charge in [0.1, 0.15) is 5.60 Å². The van der Waals surface area contributed by atoms with E-state index in [4.69, 9.17) is 9.47 Å². The van der Waals surface area contributed by atoms with Crippen LogP contribution < -0.4 is 0 Å². The number of morpholine rings is 1. The van der Waals surface area contributed by atoms with Crippen molar-refractivity contribution >= 4 is 11.3 Å². The van der Waals surface area contributed by atoms with Crippen molar-refractivity contribution in [1.82, 2.24) is 9.80 Å². The summed E-state index contributed by atoms with van der Waals surface area (Å²) < 4.78 is 12.0. The number of ether oxygens (including phenoxy) is 2. The van der Waals surface area contributed by atoms with Gasteiger partial charge in [0.05, 0.1) is 19.8 Å². The molecule has 0 unspecified atom stereocenters. The van der Waals surface area contributed by atoms with Crippen LogP contribution in [0.1, 0.15) is 4.88 Å². The Morgan fingerprint density at radius 2 is 2.14 bits per heavy atom. The SMILES string of the molecule is C=CCN1CCOC[C@]2(C1)CN(Cc1cccs1)CCO2. The van der Waals surface area contributed by atoms with Crippen LogP contribution in [0.3, 0.4) is 0 Å². The Kier molecular flexibility index (Phi) is 5.08. The summed E-state index contributed by atoms with van der Waals surface area (Å²) in [5.41, 5.74) is -0.185. The number of hydrogen-bond acceptors (Lipinski definition) is 5. The molecule has 1 spiro atoms. The van der Waals surface area contributed by atoms with Crippen molar-refractivity contribution in [2.24, 2.45) is 0 Å². The van der Waals surface area contributed by atoms with E-state index in [9.17, 15) is 0 Å². The van der Waals surface area contributed by atoms with Gasteiger partial charge in [0.15, 0.2) is 0 Å². The lowest BCUT2D eigenvalue weighted by Crippen LogP contribution is -2.58. The van der Waals surface area contributed by atoms with Gasteiger partial charge < -0.3 is 9.47 Å². The van der Waals surface area contributed by atoms with Crippen molar-refractivity contribution in [3.05, 3.63) is 35.0 Å².